The first-order valence-corrected chi connectivity index (χ1v) is 13.0. The first-order chi connectivity index (χ1) is 18.2. The Labute approximate surface area is 230 Å². The van der Waals surface area contributed by atoms with Crippen molar-refractivity contribution in [1.82, 2.24) is 4.90 Å². The molecule has 1 unspecified atom stereocenters. The molecule has 3 aromatic rings. The number of amides is 3. The van der Waals surface area contributed by atoms with Crippen molar-refractivity contribution in [3.8, 4) is 0 Å². The van der Waals surface area contributed by atoms with E-state index >= 15 is 0 Å². The van der Waals surface area contributed by atoms with Gasteiger partial charge in [-0.15, -0.1) is 0 Å². The predicted molar refractivity (Wildman–Crippen MR) is 147 cm³/mol. The monoisotopic (exact) mass is 552 g/mol. The van der Waals surface area contributed by atoms with E-state index in [0.717, 1.165) is 11.1 Å². The van der Waals surface area contributed by atoms with E-state index < -0.39 is 11.6 Å². The average molecular weight is 553 g/mol. The molecule has 0 bridgehead atoms. The van der Waals surface area contributed by atoms with Crippen molar-refractivity contribution in [3.05, 3.63) is 93.5 Å². The van der Waals surface area contributed by atoms with Crippen LogP contribution >= 0.6 is 23.2 Å². The highest BCUT2D eigenvalue weighted by Crippen LogP contribution is 2.42. The molecule has 5 rings (SSSR count). The maximum absolute atomic E-state index is 13.6. The third kappa shape index (κ3) is 5.28. The largest absolute Gasteiger partial charge is 0.446 e. The molecule has 1 fully saturated rings. The fourth-order valence-corrected chi connectivity index (χ4v) is 5.53. The van der Waals surface area contributed by atoms with Crippen molar-refractivity contribution in [1.29, 1.82) is 0 Å². The molecule has 2 aliphatic heterocycles. The average Bonchev–Trinajstić information content (AvgIpc) is 3.13. The van der Waals surface area contributed by atoms with E-state index in [1.807, 2.05) is 30.3 Å². The number of carbonyl (C=O) groups is 3. The summed E-state index contributed by atoms with van der Waals surface area (Å²) in [5.74, 6) is -0.374. The zero-order valence-corrected chi connectivity index (χ0v) is 21.9. The number of nitrogens with two attached hydrogens (primary N) is 1. The maximum atomic E-state index is 13.6. The fraction of sp³-hybridized carbons (Fsp3) is 0.250. The summed E-state index contributed by atoms with van der Waals surface area (Å²) in [6.07, 6.45) is 0.272. The van der Waals surface area contributed by atoms with E-state index in [4.69, 9.17) is 33.7 Å². The summed E-state index contributed by atoms with van der Waals surface area (Å²) < 4.78 is 5.07. The minimum absolute atomic E-state index is 0.141. The van der Waals surface area contributed by atoms with Crippen LogP contribution in [0.15, 0.2) is 66.7 Å². The van der Waals surface area contributed by atoms with Gasteiger partial charge in [-0.3, -0.25) is 9.59 Å². The molecular formula is C28H26Cl2N4O4. The second-order valence-electron chi connectivity index (χ2n) is 9.49. The molecule has 196 valence electrons. The lowest BCUT2D eigenvalue weighted by Gasteiger charge is -2.32. The number of fused-ring (bicyclic) bond motifs is 1. The molecule has 8 nitrogen and oxygen atoms in total. The molecule has 38 heavy (non-hydrogen) atoms. The Balaban J connectivity index is 1.43. The molecule has 3 amide bonds. The minimum Gasteiger partial charge on any atom is -0.446 e. The first kappa shape index (κ1) is 25.9. The standard InChI is InChI=1S/C28H26Cl2N4O4/c29-19-5-1-3-17(13-19)16-28(23-8-7-20(30)15-24(23)32-26(28)36)33-21-6-2-4-18(14-21)25(35)34-11-9-22(10-12-34)38-27(31)37/h1-8,13-15,22,33H,9-12,16H2,(H2,31,37)(H,32,36). The Morgan fingerprint density at radius 2 is 1.76 bits per heavy atom. The lowest BCUT2D eigenvalue weighted by atomic mass is 9.84. The molecule has 10 heteroatoms. The van der Waals surface area contributed by atoms with Gasteiger partial charge in [0.2, 0.25) is 0 Å². The van der Waals surface area contributed by atoms with Crippen LogP contribution in [0.2, 0.25) is 10.0 Å². The van der Waals surface area contributed by atoms with Crippen LogP contribution in [-0.4, -0.2) is 42.0 Å². The van der Waals surface area contributed by atoms with Crippen molar-refractivity contribution < 1.29 is 19.1 Å². The molecule has 0 aliphatic carbocycles. The maximum Gasteiger partial charge on any atom is 0.404 e. The summed E-state index contributed by atoms with van der Waals surface area (Å²) in [7, 11) is 0. The SMILES string of the molecule is NC(=O)OC1CCN(C(=O)c2cccc(NC3(Cc4cccc(Cl)c4)C(=O)Nc4cc(Cl)ccc43)c2)CC1. The Morgan fingerprint density at radius 1 is 1.03 bits per heavy atom. The number of anilines is 2. The van der Waals surface area contributed by atoms with Crippen LogP contribution in [0, 0.1) is 0 Å². The second kappa shape index (κ2) is 10.6. The number of primary amides is 1. The van der Waals surface area contributed by atoms with Crippen molar-refractivity contribution in [2.75, 3.05) is 23.7 Å². The Bertz CT molecular complexity index is 1410. The van der Waals surface area contributed by atoms with Gasteiger partial charge in [0, 0.05) is 64.9 Å². The summed E-state index contributed by atoms with van der Waals surface area (Å²) in [4.78, 5) is 39.6. The molecule has 0 saturated carbocycles. The molecule has 0 radical (unpaired) electrons. The van der Waals surface area contributed by atoms with Crippen molar-refractivity contribution in [2.24, 2.45) is 5.73 Å². The first-order valence-electron chi connectivity index (χ1n) is 12.2. The topological polar surface area (TPSA) is 114 Å². The van der Waals surface area contributed by atoms with Gasteiger partial charge in [0.15, 0.2) is 0 Å². The molecule has 3 aromatic carbocycles. The van der Waals surface area contributed by atoms with E-state index in [9.17, 15) is 14.4 Å². The van der Waals surface area contributed by atoms with Crippen LogP contribution in [0.3, 0.4) is 0 Å². The van der Waals surface area contributed by atoms with Crippen LogP contribution in [0.25, 0.3) is 0 Å². The number of hydrogen-bond acceptors (Lipinski definition) is 5. The van der Waals surface area contributed by atoms with Crippen LogP contribution in [0.5, 0.6) is 0 Å². The van der Waals surface area contributed by atoms with Gasteiger partial charge < -0.3 is 26.0 Å². The molecule has 2 heterocycles. The zero-order chi connectivity index (χ0) is 26.9. The van der Waals surface area contributed by atoms with Gasteiger partial charge in [0.05, 0.1) is 0 Å². The number of ether oxygens (including phenoxy) is 1. The number of carbonyl (C=O) groups excluding carboxylic acids is 3. The Kier molecular flexibility index (Phi) is 7.19. The molecule has 4 N–H and O–H groups in total. The van der Waals surface area contributed by atoms with Gasteiger partial charge in [0.1, 0.15) is 11.6 Å². The number of hydrogen-bond donors (Lipinski definition) is 3. The van der Waals surface area contributed by atoms with Gasteiger partial charge in [-0.25, -0.2) is 4.79 Å². The van der Waals surface area contributed by atoms with E-state index in [-0.39, 0.29) is 17.9 Å². The van der Waals surface area contributed by atoms with Crippen molar-refractivity contribution in [2.45, 2.75) is 30.9 Å². The number of likely N-dealkylation sites (tertiary alicyclic amines) is 1. The highest BCUT2D eigenvalue weighted by atomic mass is 35.5. The van der Waals surface area contributed by atoms with E-state index in [2.05, 4.69) is 10.6 Å². The molecule has 0 aromatic heterocycles. The zero-order valence-electron chi connectivity index (χ0n) is 20.4. The summed E-state index contributed by atoms with van der Waals surface area (Å²) in [6.45, 7) is 0.896. The van der Waals surface area contributed by atoms with Crippen LogP contribution < -0.4 is 16.4 Å². The molecular weight excluding hydrogens is 527 g/mol. The number of benzene rings is 3. The van der Waals surface area contributed by atoms with Crippen molar-refractivity contribution in [3.63, 3.8) is 0 Å². The van der Waals surface area contributed by atoms with Crippen molar-refractivity contribution >= 4 is 52.5 Å². The molecule has 0 spiro atoms. The second-order valence-corrected chi connectivity index (χ2v) is 10.4. The van der Waals surface area contributed by atoms with Gasteiger partial charge >= 0.3 is 6.09 Å². The predicted octanol–water partition coefficient (Wildman–Crippen LogP) is 5.20. The van der Waals surface area contributed by atoms with Crippen LogP contribution in [-0.2, 0) is 21.5 Å². The number of rotatable bonds is 6. The van der Waals surface area contributed by atoms with Crippen LogP contribution in [0.1, 0.15) is 34.3 Å². The van der Waals surface area contributed by atoms with Gasteiger partial charge in [-0.1, -0.05) is 47.5 Å². The summed E-state index contributed by atoms with van der Waals surface area (Å²) in [5, 5.41) is 7.47. The van der Waals surface area contributed by atoms with Gasteiger partial charge in [-0.2, -0.15) is 0 Å². The number of nitrogens with zero attached hydrogens (tertiary/aromatic N) is 1. The number of piperidine rings is 1. The molecule has 1 saturated heterocycles. The van der Waals surface area contributed by atoms with E-state index in [1.54, 1.807) is 41.3 Å². The number of halogens is 2. The van der Waals surface area contributed by atoms with E-state index in [0.29, 0.717) is 59.3 Å². The Hall–Kier alpha value is -3.75. The summed E-state index contributed by atoms with van der Waals surface area (Å²) in [5.41, 5.74) is 7.31. The lowest BCUT2D eigenvalue weighted by molar-refractivity contribution is -0.119. The smallest absolute Gasteiger partial charge is 0.404 e. The number of nitrogens with one attached hydrogen (secondary N) is 2. The molecule has 2 aliphatic rings. The van der Waals surface area contributed by atoms with Crippen LogP contribution in [0.4, 0.5) is 16.2 Å². The third-order valence-corrected chi connectivity index (χ3v) is 7.38. The quantitative estimate of drug-likeness (QED) is 0.389. The third-order valence-electron chi connectivity index (χ3n) is 6.91. The highest BCUT2D eigenvalue weighted by molar-refractivity contribution is 6.31. The summed E-state index contributed by atoms with van der Waals surface area (Å²) >= 11 is 12.5. The Morgan fingerprint density at radius 3 is 2.50 bits per heavy atom. The highest BCUT2D eigenvalue weighted by Gasteiger charge is 2.47. The fourth-order valence-electron chi connectivity index (χ4n) is 5.14. The van der Waals surface area contributed by atoms with Gasteiger partial charge in [-0.05, 0) is 48.0 Å². The molecule has 1 atom stereocenters. The summed E-state index contributed by atoms with van der Waals surface area (Å²) in [6, 6.07) is 19.8. The normalized spacial score (nSPS) is 19.0. The lowest BCUT2D eigenvalue weighted by Crippen LogP contribution is -2.44. The van der Waals surface area contributed by atoms with Gasteiger partial charge in [0.25, 0.3) is 11.8 Å². The minimum atomic E-state index is -1.16. The van der Waals surface area contributed by atoms with E-state index in [1.165, 1.54) is 0 Å².